The Morgan fingerprint density at radius 1 is 1.03 bits per heavy atom. The number of halogens is 3. The maximum atomic E-state index is 12.6. The van der Waals surface area contributed by atoms with E-state index in [-0.39, 0.29) is 54.2 Å². The van der Waals surface area contributed by atoms with Crippen molar-refractivity contribution in [2.24, 2.45) is 23.7 Å². The van der Waals surface area contributed by atoms with Gasteiger partial charge < -0.3 is 14.2 Å². The number of hydrogen-bond donors (Lipinski definition) is 0. The lowest BCUT2D eigenvalue weighted by Crippen LogP contribution is -2.47. The largest absolute Gasteiger partial charge is 0.572 e. The fourth-order valence-corrected chi connectivity index (χ4v) is 4.74. The summed E-state index contributed by atoms with van der Waals surface area (Å²) in [6, 6.07) is 0. The molecular weight excluding hydrogens is 449 g/mol. The van der Waals surface area contributed by atoms with E-state index < -0.39 is 23.5 Å². The van der Waals surface area contributed by atoms with E-state index in [1.54, 1.807) is 19.9 Å². The van der Waals surface area contributed by atoms with Crippen molar-refractivity contribution in [2.45, 2.75) is 104 Å². The molecule has 0 spiro atoms. The molecule has 5 nitrogen and oxygen atoms in total. The third-order valence-electron chi connectivity index (χ3n) is 6.34. The SMILES string of the molecule is CC1CC(/C=C/C(=O)C2CC=C(OC(F)(F)F)CC2)CC(C)C1OC(C)(C)C(=O)OC(C)(C)C. The van der Waals surface area contributed by atoms with Gasteiger partial charge in [-0.05, 0) is 90.2 Å². The van der Waals surface area contributed by atoms with Crippen molar-refractivity contribution >= 4 is 11.8 Å². The van der Waals surface area contributed by atoms with Crippen LogP contribution >= 0.6 is 0 Å². The van der Waals surface area contributed by atoms with Gasteiger partial charge in [-0.3, -0.25) is 4.79 Å². The normalized spacial score (nSPS) is 29.0. The van der Waals surface area contributed by atoms with Gasteiger partial charge in [-0.1, -0.05) is 19.9 Å². The van der Waals surface area contributed by atoms with Gasteiger partial charge in [-0.25, -0.2) is 4.79 Å². The highest BCUT2D eigenvalue weighted by molar-refractivity contribution is 5.92. The Morgan fingerprint density at radius 2 is 1.62 bits per heavy atom. The molecule has 1 saturated carbocycles. The Bertz CT molecular complexity index is 779. The average molecular weight is 489 g/mol. The van der Waals surface area contributed by atoms with E-state index in [0.717, 1.165) is 12.8 Å². The highest BCUT2D eigenvalue weighted by Crippen LogP contribution is 2.38. The van der Waals surface area contributed by atoms with Crippen LogP contribution in [0.3, 0.4) is 0 Å². The predicted octanol–water partition coefficient (Wildman–Crippen LogP) is 6.52. The van der Waals surface area contributed by atoms with Crippen LogP contribution in [0.4, 0.5) is 13.2 Å². The number of carbonyl (C=O) groups excluding carboxylic acids is 2. The highest BCUT2D eigenvalue weighted by atomic mass is 19.4. The minimum Gasteiger partial charge on any atom is -0.458 e. The number of alkyl halides is 3. The van der Waals surface area contributed by atoms with Gasteiger partial charge in [0.2, 0.25) is 0 Å². The summed E-state index contributed by atoms with van der Waals surface area (Å²) >= 11 is 0. The summed E-state index contributed by atoms with van der Waals surface area (Å²) in [4.78, 5) is 25.2. The molecule has 194 valence electrons. The van der Waals surface area contributed by atoms with E-state index in [9.17, 15) is 22.8 Å². The summed E-state index contributed by atoms with van der Waals surface area (Å²) in [5, 5.41) is 0. The summed E-state index contributed by atoms with van der Waals surface area (Å²) in [6.45, 7) is 13.1. The van der Waals surface area contributed by atoms with E-state index in [0.29, 0.717) is 6.42 Å². The molecule has 0 aliphatic heterocycles. The van der Waals surface area contributed by atoms with E-state index in [4.69, 9.17) is 9.47 Å². The lowest BCUT2D eigenvalue weighted by Gasteiger charge is -2.42. The van der Waals surface area contributed by atoms with Crippen molar-refractivity contribution in [3.63, 3.8) is 0 Å². The number of rotatable bonds is 7. The zero-order valence-electron chi connectivity index (χ0n) is 21.3. The van der Waals surface area contributed by atoms with Gasteiger partial charge in [0.25, 0.3) is 0 Å². The molecule has 1 fully saturated rings. The van der Waals surface area contributed by atoms with Crippen molar-refractivity contribution in [1.29, 1.82) is 0 Å². The lowest BCUT2D eigenvalue weighted by atomic mass is 9.74. The monoisotopic (exact) mass is 488 g/mol. The standard InChI is InChI=1S/C26H39F3O5/c1-16-14-18(8-13-21(30)19-9-11-20(12-10-19)32-26(27,28)29)15-17(2)22(16)33-25(6,7)23(31)34-24(3,4)5/h8,11,13,16-19,22H,9-10,12,14-15H2,1-7H3/b13-8+. The summed E-state index contributed by atoms with van der Waals surface area (Å²) in [5.41, 5.74) is -1.66. The van der Waals surface area contributed by atoms with Crippen molar-refractivity contribution in [1.82, 2.24) is 0 Å². The van der Waals surface area contributed by atoms with Gasteiger partial charge in [0.05, 0.1) is 6.10 Å². The smallest absolute Gasteiger partial charge is 0.458 e. The first kappa shape index (κ1) is 28.4. The summed E-state index contributed by atoms with van der Waals surface area (Å²) in [5.74, 6) is -0.340. The number of ether oxygens (including phenoxy) is 3. The summed E-state index contributed by atoms with van der Waals surface area (Å²) in [7, 11) is 0. The van der Waals surface area contributed by atoms with Crippen molar-refractivity contribution in [2.75, 3.05) is 0 Å². The number of hydrogen-bond acceptors (Lipinski definition) is 5. The first-order valence-electron chi connectivity index (χ1n) is 12.0. The Hall–Kier alpha value is -1.83. The molecule has 3 atom stereocenters. The molecule has 0 amide bonds. The minimum atomic E-state index is -4.69. The lowest BCUT2D eigenvalue weighted by molar-refractivity contribution is -0.307. The quantitative estimate of drug-likeness (QED) is 0.302. The van der Waals surface area contributed by atoms with E-state index in [1.807, 2.05) is 26.8 Å². The maximum absolute atomic E-state index is 12.6. The number of ketones is 1. The molecule has 0 radical (unpaired) electrons. The Morgan fingerprint density at radius 3 is 2.09 bits per heavy atom. The summed E-state index contributed by atoms with van der Waals surface area (Å²) < 4.78 is 52.7. The second kappa shape index (κ2) is 10.8. The van der Waals surface area contributed by atoms with E-state index in [2.05, 4.69) is 18.6 Å². The van der Waals surface area contributed by atoms with Crippen molar-refractivity contribution in [3.05, 3.63) is 24.0 Å². The predicted molar refractivity (Wildman–Crippen MR) is 123 cm³/mol. The molecule has 34 heavy (non-hydrogen) atoms. The van der Waals surface area contributed by atoms with Gasteiger partial charge in [0.1, 0.15) is 11.4 Å². The third-order valence-corrected chi connectivity index (χ3v) is 6.34. The first-order valence-corrected chi connectivity index (χ1v) is 12.0. The van der Waals surface area contributed by atoms with E-state index >= 15 is 0 Å². The molecule has 2 aliphatic carbocycles. The van der Waals surface area contributed by atoms with Crippen molar-refractivity contribution < 1.29 is 37.0 Å². The van der Waals surface area contributed by atoms with Crippen LogP contribution in [0.2, 0.25) is 0 Å². The first-order chi connectivity index (χ1) is 15.5. The second-order valence-corrected chi connectivity index (χ2v) is 11.2. The van der Waals surface area contributed by atoms with Crippen LogP contribution in [0.15, 0.2) is 24.0 Å². The molecule has 0 aromatic heterocycles. The van der Waals surface area contributed by atoms with Gasteiger partial charge in [0.15, 0.2) is 11.4 Å². The molecule has 0 aromatic carbocycles. The number of carbonyl (C=O) groups is 2. The zero-order valence-corrected chi connectivity index (χ0v) is 21.3. The summed E-state index contributed by atoms with van der Waals surface area (Å²) in [6.07, 6.45) is 2.41. The molecular formula is C26H39F3O5. The van der Waals surface area contributed by atoms with Gasteiger partial charge >= 0.3 is 12.3 Å². The Kier molecular flexibility index (Phi) is 9.05. The molecule has 3 unspecified atom stereocenters. The molecule has 0 heterocycles. The van der Waals surface area contributed by atoms with Crippen LogP contribution in [-0.4, -0.2) is 35.4 Å². The van der Waals surface area contributed by atoms with Crippen LogP contribution in [0, 0.1) is 23.7 Å². The number of esters is 1. The molecule has 0 saturated heterocycles. The van der Waals surface area contributed by atoms with Gasteiger partial charge in [0, 0.05) is 12.3 Å². The van der Waals surface area contributed by atoms with Crippen molar-refractivity contribution in [3.8, 4) is 0 Å². The molecule has 0 bridgehead atoms. The Balaban J connectivity index is 1.90. The van der Waals surface area contributed by atoms with Gasteiger partial charge in [-0.15, -0.1) is 13.2 Å². The van der Waals surface area contributed by atoms with Crippen LogP contribution in [-0.2, 0) is 23.8 Å². The average Bonchev–Trinajstić information content (AvgIpc) is 2.67. The van der Waals surface area contributed by atoms with Gasteiger partial charge in [-0.2, -0.15) is 0 Å². The fraction of sp³-hybridized carbons (Fsp3) is 0.769. The van der Waals surface area contributed by atoms with Crippen LogP contribution in [0.5, 0.6) is 0 Å². The molecule has 0 N–H and O–H groups in total. The van der Waals surface area contributed by atoms with Crippen LogP contribution in [0.1, 0.15) is 80.6 Å². The molecule has 8 heteroatoms. The molecule has 2 aliphatic rings. The van der Waals surface area contributed by atoms with Crippen LogP contribution < -0.4 is 0 Å². The Labute approximate surface area is 201 Å². The zero-order chi connectivity index (χ0) is 25.9. The molecule has 0 aromatic rings. The molecule has 2 rings (SSSR count). The third kappa shape index (κ3) is 8.75. The second-order valence-electron chi connectivity index (χ2n) is 11.2. The highest BCUT2D eigenvalue weighted by Gasteiger charge is 2.41. The number of allylic oxidation sites excluding steroid dienone is 4. The fourth-order valence-electron chi connectivity index (χ4n) is 4.74. The minimum absolute atomic E-state index is 0.0629. The topological polar surface area (TPSA) is 61.8 Å². The van der Waals surface area contributed by atoms with Crippen LogP contribution in [0.25, 0.3) is 0 Å². The van der Waals surface area contributed by atoms with E-state index in [1.165, 1.54) is 6.08 Å². The maximum Gasteiger partial charge on any atom is 0.572 e.